The number of hydrogen-bond acceptors (Lipinski definition) is 9. The molecule has 5 heterocycles. The number of nitrogens with one attached hydrogen (secondary N) is 2. The Hall–Kier alpha value is -2.78. The molecule has 14 heteroatoms. The van der Waals surface area contributed by atoms with Gasteiger partial charge in [-0.15, -0.1) is 15.7 Å². The van der Waals surface area contributed by atoms with Gasteiger partial charge in [-0.3, -0.25) is 4.79 Å². The molecule has 6 rings (SSSR count). The number of sulfonamides is 2. The molecule has 4 unspecified atom stereocenters. The number of amides is 1. The highest BCUT2D eigenvalue weighted by Gasteiger charge is 2.58. The lowest BCUT2D eigenvalue weighted by atomic mass is 9.78. The predicted molar refractivity (Wildman–Crippen MR) is 136 cm³/mol. The zero-order valence-electron chi connectivity index (χ0n) is 19.6. The van der Waals surface area contributed by atoms with Crippen LogP contribution in [0.3, 0.4) is 0 Å². The SMILES string of the molecule is CS(=O)(=O)NCc1csc2c1S(=O)(=O)N=C(C1=C(O)C3C4CCC(O4)C3N(Cc3ccccc3)C1=O)N2. The fraction of sp³-hybridized carbons (Fsp3) is 0.391. The highest BCUT2D eigenvalue weighted by molar-refractivity contribution is 7.91. The third-order valence-corrected chi connectivity index (χ3v) is 10.3. The lowest BCUT2D eigenvalue weighted by molar-refractivity contribution is -0.133. The summed E-state index contributed by atoms with van der Waals surface area (Å²) >= 11 is 1.05. The van der Waals surface area contributed by atoms with E-state index in [4.69, 9.17) is 4.74 Å². The fourth-order valence-electron chi connectivity index (χ4n) is 5.61. The van der Waals surface area contributed by atoms with E-state index in [9.17, 15) is 26.7 Å². The van der Waals surface area contributed by atoms with Gasteiger partial charge in [-0.25, -0.2) is 13.1 Å². The highest BCUT2D eigenvalue weighted by atomic mass is 32.2. The Kier molecular flexibility index (Phi) is 5.73. The number of anilines is 1. The minimum atomic E-state index is -4.30. The molecule has 4 atom stereocenters. The van der Waals surface area contributed by atoms with Crippen LogP contribution in [0, 0.1) is 5.92 Å². The van der Waals surface area contributed by atoms with Crippen molar-refractivity contribution in [2.45, 2.75) is 49.1 Å². The van der Waals surface area contributed by atoms with Crippen LogP contribution in [-0.2, 0) is 42.7 Å². The van der Waals surface area contributed by atoms with Gasteiger partial charge in [-0.1, -0.05) is 30.3 Å². The van der Waals surface area contributed by atoms with Gasteiger partial charge in [0.25, 0.3) is 15.9 Å². The molecule has 0 aliphatic carbocycles. The fourth-order valence-corrected chi connectivity index (χ4v) is 8.63. The van der Waals surface area contributed by atoms with Gasteiger partial charge in [0.05, 0.1) is 30.4 Å². The number of ether oxygens (including phenoxy) is 1. The van der Waals surface area contributed by atoms with E-state index in [1.165, 1.54) is 5.38 Å². The van der Waals surface area contributed by atoms with Gasteiger partial charge in [-0.05, 0) is 23.8 Å². The van der Waals surface area contributed by atoms with Crippen LogP contribution in [0.1, 0.15) is 24.0 Å². The van der Waals surface area contributed by atoms with Gasteiger partial charge < -0.3 is 20.1 Å². The van der Waals surface area contributed by atoms with E-state index >= 15 is 0 Å². The van der Waals surface area contributed by atoms with Gasteiger partial charge in [0.1, 0.15) is 21.2 Å². The molecule has 4 aliphatic rings. The number of thiophene rings is 1. The number of benzene rings is 1. The van der Waals surface area contributed by atoms with E-state index in [-0.39, 0.29) is 64.0 Å². The molecule has 196 valence electrons. The molecule has 3 N–H and O–H groups in total. The summed E-state index contributed by atoms with van der Waals surface area (Å²) in [7, 11) is -7.85. The second-order valence-corrected chi connectivity index (χ2v) is 13.8. The van der Waals surface area contributed by atoms with Crippen LogP contribution in [0.5, 0.6) is 0 Å². The zero-order chi connectivity index (χ0) is 26.1. The maximum Gasteiger partial charge on any atom is 0.287 e. The predicted octanol–water partition coefficient (Wildman–Crippen LogP) is 1.71. The van der Waals surface area contributed by atoms with E-state index in [1.54, 1.807) is 4.90 Å². The summed E-state index contributed by atoms with van der Waals surface area (Å²) in [5.74, 6) is -1.48. The summed E-state index contributed by atoms with van der Waals surface area (Å²) in [6.45, 7) is 0.0497. The summed E-state index contributed by atoms with van der Waals surface area (Å²) in [5, 5.41) is 16.0. The van der Waals surface area contributed by atoms with E-state index in [2.05, 4.69) is 14.4 Å². The van der Waals surface area contributed by atoms with Crippen molar-refractivity contribution in [3.8, 4) is 0 Å². The number of carbonyl (C=O) groups is 1. The van der Waals surface area contributed by atoms with Crippen molar-refractivity contribution in [2.75, 3.05) is 11.6 Å². The van der Waals surface area contributed by atoms with Gasteiger partial charge in [0.15, 0.2) is 5.84 Å². The normalized spacial score (nSPS) is 28.1. The Bertz CT molecular complexity index is 1560. The summed E-state index contributed by atoms with van der Waals surface area (Å²) in [6, 6.07) is 9.08. The molecule has 37 heavy (non-hydrogen) atoms. The van der Waals surface area contributed by atoms with Crippen molar-refractivity contribution < 1.29 is 31.5 Å². The van der Waals surface area contributed by atoms with E-state index in [1.807, 2.05) is 30.3 Å². The number of amidine groups is 1. The Morgan fingerprint density at radius 3 is 2.70 bits per heavy atom. The molecule has 0 saturated carbocycles. The lowest BCUT2D eigenvalue weighted by Gasteiger charge is -2.42. The largest absolute Gasteiger partial charge is 0.511 e. The van der Waals surface area contributed by atoms with Crippen LogP contribution in [0.25, 0.3) is 0 Å². The second kappa shape index (κ2) is 8.63. The molecule has 2 saturated heterocycles. The van der Waals surface area contributed by atoms with Crippen LogP contribution >= 0.6 is 11.3 Å². The minimum absolute atomic E-state index is 0.150. The summed E-state index contributed by atoms with van der Waals surface area (Å²) < 4.78 is 61.7. The average Bonchev–Trinajstić information content (AvgIpc) is 3.55. The lowest BCUT2D eigenvalue weighted by Crippen LogP contribution is -2.55. The molecule has 2 aromatic rings. The quantitative estimate of drug-likeness (QED) is 0.479. The van der Waals surface area contributed by atoms with Crippen LogP contribution < -0.4 is 10.0 Å². The standard InChI is InChI=1S/C23H24N4O7S3/c1-36(30,31)24-9-13-11-35-22-20(13)37(32,33)26-21(25-22)17-19(28)16-14-7-8-15(34-14)18(16)27(23(17)29)10-12-5-3-2-4-6-12/h2-6,11,14-16,18,24,28H,7-10H2,1H3,(H,25,26). The molecule has 1 amide bonds. The number of fused-ring (bicyclic) bond motifs is 6. The van der Waals surface area contributed by atoms with Gasteiger partial charge in [0.2, 0.25) is 10.0 Å². The number of nitrogens with zero attached hydrogens (tertiary/aromatic N) is 2. The van der Waals surface area contributed by atoms with Crippen molar-refractivity contribution in [3.63, 3.8) is 0 Å². The molecule has 1 aromatic heterocycles. The van der Waals surface area contributed by atoms with Crippen molar-refractivity contribution in [2.24, 2.45) is 10.3 Å². The molecule has 2 bridgehead atoms. The van der Waals surface area contributed by atoms with Crippen LogP contribution in [0.15, 0.2) is 56.3 Å². The smallest absolute Gasteiger partial charge is 0.287 e. The van der Waals surface area contributed by atoms with Gasteiger partial charge in [-0.2, -0.15) is 8.42 Å². The molecule has 0 radical (unpaired) electrons. The Balaban J connectivity index is 1.39. The number of aliphatic hydroxyl groups is 1. The third-order valence-electron chi connectivity index (χ3n) is 7.12. The van der Waals surface area contributed by atoms with Crippen LogP contribution in [0.2, 0.25) is 0 Å². The van der Waals surface area contributed by atoms with Crippen LogP contribution in [0.4, 0.5) is 5.00 Å². The van der Waals surface area contributed by atoms with Gasteiger partial charge >= 0.3 is 0 Å². The van der Waals surface area contributed by atoms with Crippen molar-refractivity contribution in [1.29, 1.82) is 0 Å². The highest BCUT2D eigenvalue weighted by Crippen LogP contribution is 2.49. The van der Waals surface area contributed by atoms with E-state index in [0.717, 1.165) is 36.0 Å². The van der Waals surface area contributed by atoms with E-state index < -0.39 is 31.9 Å². The summed E-state index contributed by atoms with van der Waals surface area (Å²) in [5.41, 5.74) is 0.945. The Morgan fingerprint density at radius 2 is 1.97 bits per heavy atom. The monoisotopic (exact) mass is 564 g/mol. The first kappa shape index (κ1) is 24.6. The third kappa shape index (κ3) is 4.16. The Labute approximate surface area is 218 Å². The molecular formula is C23H24N4O7S3. The van der Waals surface area contributed by atoms with E-state index in [0.29, 0.717) is 0 Å². The molecule has 11 nitrogen and oxygen atoms in total. The minimum Gasteiger partial charge on any atom is -0.511 e. The second-order valence-electron chi connectivity index (χ2n) is 9.54. The molecule has 0 spiro atoms. The first-order valence-electron chi connectivity index (χ1n) is 11.6. The maximum atomic E-state index is 13.9. The maximum absolute atomic E-state index is 13.9. The first-order valence-corrected chi connectivity index (χ1v) is 15.9. The molecule has 4 aliphatic heterocycles. The van der Waals surface area contributed by atoms with Crippen molar-refractivity contribution in [3.05, 3.63) is 58.2 Å². The number of aliphatic hydroxyl groups excluding tert-OH is 1. The summed E-state index contributed by atoms with van der Waals surface area (Å²) in [6.07, 6.45) is 2.02. The van der Waals surface area contributed by atoms with Crippen molar-refractivity contribution in [1.82, 2.24) is 9.62 Å². The summed E-state index contributed by atoms with van der Waals surface area (Å²) in [4.78, 5) is 15.4. The number of carbonyl (C=O) groups excluding carboxylic acids is 1. The molecule has 2 fully saturated rings. The van der Waals surface area contributed by atoms with Crippen LogP contribution in [-0.4, -0.2) is 63.1 Å². The first-order chi connectivity index (χ1) is 17.5. The van der Waals surface area contributed by atoms with Crippen molar-refractivity contribution >= 4 is 48.1 Å². The van der Waals surface area contributed by atoms with Gasteiger partial charge in [0, 0.05) is 18.7 Å². The number of hydrogen-bond donors (Lipinski definition) is 3. The molecular weight excluding hydrogens is 540 g/mol. The topological polar surface area (TPSA) is 154 Å². The average molecular weight is 565 g/mol. The zero-order valence-corrected chi connectivity index (χ0v) is 22.1. The number of rotatable bonds is 6. The Morgan fingerprint density at radius 1 is 1.24 bits per heavy atom. The molecule has 1 aromatic carbocycles.